The monoisotopic (exact) mass is 285 g/mol. The molecule has 0 fully saturated rings. The normalized spacial score (nSPS) is 10.2. The van der Waals surface area contributed by atoms with Crippen molar-refractivity contribution < 1.29 is 0 Å². The van der Waals surface area contributed by atoms with Gasteiger partial charge < -0.3 is 4.90 Å². The molecular weight excluding hydrogens is 270 g/mol. The van der Waals surface area contributed by atoms with Gasteiger partial charge in [-0.25, -0.2) is 4.79 Å². The summed E-state index contributed by atoms with van der Waals surface area (Å²) in [6, 6.07) is 5.56. The molecule has 2 aromatic heterocycles. The molecule has 0 spiro atoms. The zero-order chi connectivity index (χ0) is 15.6. The standard InChI is InChI=1S/C14H15N5O2/c1-17(9-10-4-6-16-7-5-10)12-11(8-15)13(20)19(3)14(21)18(12)2/h4-7H,9H2,1-3H3. The van der Waals surface area contributed by atoms with E-state index in [1.807, 2.05) is 18.2 Å². The van der Waals surface area contributed by atoms with Crippen LogP contribution in [-0.2, 0) is 20.6 Å². The number of hydrogen-bond acceptors (Lipinski definition) is 5. The molecule has 0 N–H and O–H groups in total. The second-order valence-corrected chi connectivity index (χ2v) is 4.73. The van der Waals surface area contributed by atoms with Crippen molar-refractivity contribution in [1.29, 1.82) is 5.26 Å². The maximum absolute atomic E-state index is 12.0. The van der Waals surface area contributed by atoms with Crippen molar-refractivity contribution >= 4 is 5.82 Å². The minimum absolute atomic E-state index is 0.0452. The molecule has 0 aliphatic carbocycles. The van der Waals surface area contributed by atoms with Gasteiger partial charge >= 0.3 is 5.69 Å². The van der Waals surface area contributed by atoms with Crippen LogP contribution in [-0.4, -0.2) is 21.2 Å². The lowest BCUT2D eigenvalue weighted by atomic mass is 10.2. The van der Waals surface area contributed by atoms with Crippen LogP contribution in [0.4, 0.5) is 5.82 Å². The summed E-state index contributed by atoms with van der Waals surface area (Å²) in [6.45, 7) is 0.456. The van der Waals surface area contributed by atoms with Crippen molar-refractivity contribution in [2.75, 3.05) is 11.9 Å². The van der Waals surface area contributed by atoms with E-state index in [4.69, 9.17) is 0 Å². The topological polar surface area (TPSA) is 83.9 Å². The number of pyridine rings is 1. The van der Waals surface area contributed by atoms with Crippen LogP contribution < -0.4 is 16.1 Å². The van der Waals surface area contributed by atoms with Crippen LogP contribution in [0.1, 0.15) is 11.1 Å². The summed E-state index contributed by atoms with van der Waals surface area (Å²) in [7, 11) is 4.63. The molecule has 0 radical (unpaired) electrons. The van der Waals surface area contributed by atoms with Gasteiger partial charge in [0.15, 0.2) is 5.56 Å². The van der Waals surface area contributed by atoms with Crippen molar-refractivity contribution in [1.82, 2.24) is 14.1 Å². The summed E-state index contributed by atoms with van der Waals surface area (Å²) in [5.41, 5.74) is -0.131. The first-order valence-electron chi connectivity index (χ1n) is 6.27. The van der Waals surface area contributed by atoms with Gasteiger partial charge in [0.2, 0.25) is 0 Å². The molecule has 21 heavy (non-hydrogen) atoms. The van der Waals surface area contributed by atoms with E-state index < -0.39 is 11.2 Å². The Bertz CT molecular complexity index is 814. The highest BCUT2D eigenvalue weighted by atomic mass is 16.2. The van der Waals surface area contributed by atoms with Crippen molar-refractivity contribution in [3.05, 3.63) is 56.5 Å². The highest BCUT2D eigenvalue weighted by Crippen LogP contribution is 2.15. The SMILES string of the molecule is CN(Cc1ccncc1)c1c(C#N)c(=O)n(C)c(=O)n1C. The molecule has 0 aromatic carbocycles. The molecule has 108 valence electrons. The fourth-order valence-electron chi connectivity index (χ4n) is 2.22. The van der Waals surface area contributed by atoms with Crippen LogP contribution in [0.15, 0.2) is 34.1 Å². The lowest BCUT2D eigenvalue weighted by Crippen LogP contribution is -2.41. The van der Waals surface area contributed by atoms with E-state index in [1.54, 1.807) is 31.4 Å². The highest BCUT2D eigenvalue weighted by Gasteiger charge is 2.18. The van der Waals surface area contributed by atoms with E-state index in [0.717, 1.165) is 10.1 Å². The van der Waals surface area contributed by atoms with Gasteiger partial charge in [-0.15, -0.1) is 0 Å². The molecule has 7 nitrogen and oxygen atoms in total. The van der Waals surface area contributed by atoms with E-state index in [9.17, 15) is 14.9 Å². The van der Waals surface area contributed by atoms with Gasteiger partial charge in [0.05, 0.1) is 0 Å². The zero-order valence-corrected chi connectivity index (χ0v) is 12.1. The average Bonchev–Trinajstić information content (AvgIpc) is 2.49. The molecule has 7 heteroatoms. The Hall–Kier alpha value is -2.88. The Labute approximate surface area is 121 Å². The fraction of sp³-hybridized carbons (Fsp3) is 0.286. The number of nitrogens with zero attached hydrogens (tertiary/aromatic N) is 5. The van der Waals surface area contributed by atoms with Gasteiger partial charge in [-0.2, -0.15) is 5.26 Å². The van der Waals surface area contributed by atoms with Gasteiger partial charge in [0.25, 0.3) is 5.56 Å². The fourth-order valence-corrected chi connectivity index (χ4v) is 2.22. The summed E-state index contributed by atoms with van der Waals surface area (Å²) in [6.07, 6.45) is 3.33. The summed E-state index contributed by atoms with van der Waals surface area (Å²) in [4.78, 5) is 29.7. The lowest BCUT2D eigenvalue weighted by Gasteiger charge is -2.23. The Morgan fingerprint density at radius 2 is 1.86 bits per heavy atom. The number of nitriles is 1. The Kier molecular flexibility index (Phi) is 3.89. The summed E-state index contributed by atoms with van der Waals surface area (Å²) >= 11 is 0. The maximum Gasteiger partial charge on any atom is 0.332 e. The summed E-state index contributed by atoms with van der Waals surface area (Å²) < 4.78 is 2.24. The largest absolute Gasteiger partial charge is 0.355 e. The quantitative estimate of drug-likeness (QED) is 0.791. The van der Waals surface area contributed by atoms with Crippen LogP contribution in [0.3, 0.4) is 0 Å². The molecular formula is C14H15N5O2. The third-order valence-electron chi connectivity index (χ3n) is 3.28. The molecule has 0 saturated carbocycles. The van der Waals surface area contributed by atoms with Crippen LogP contribution in [0.2, 0.25) is 0 Å². The third kappa shape index (κ3) is 2.56. The van der Waals surface area contributed by atoms with E-state index in [2.05, 4.69) is 4.98 Å². The number of anilines is 1. The first-order chi connectivity index (χ1) is 9.97. The zero-order valence-electron chi connectivity index (χ0n) is 12.1. The van der Waals surface area contributed by atoms with Crippen LogP contribution >= 0.6 is 0 Å². The molecule has 2 aromatic rings. The minimum Gasteiger partial charge on any atom is -0.355 e. The molecule has 2 rings (SSSR count). The molecule has 0 unspecified atom stereocenters. The van der Waals surface area contributed by atoms with E-state index in [-0.39, 0.29) is 5.56 Å². The van der Waals surface area contributed by atoms with Crippen molar-refractivity contribution in [2.24, 2.45) is 14.1 Å². The average molecular weight is 285 g/mol. The number of hydrogen-bond donors (Lipinski definition) is 0. The van der Waals surface area contributed by atoms with Crippen molar-refractivity contribution in [3.8, 4) is 6.07 Å². The molecule has 0 aliphatic rings. The van der Waals surface area contributed by atoms with Gasteiger partial charge in [0.1, 0.15) is 11.9 Å². The highest BCUT2D eigenvalue weighted by molar-refractivity contribution is 5.53. The predicted molar refractivity (Wildman–Crippen MR) is 78.0 cm³/mol. The summed E-state index contributed by atoms with van der Waals surface area (Å²) in [5.74, 6) is 0.308. The van der Waals surface area contributed by atoms with Crippen LogP contribution in [0.5, 0.6) is 0 Å². The maximum atomic E-state index is 12.0. The second kappa shape index (κ2) is 5.63. The molecule has 0 aliphatic heterocycles. The van der Waals surface area contributed by atoms with Crippen molar-refractivity contribution in [2.45, 2.75) is 6.54 Å². The van der Waals surface area contributed by atoms with E-state index >= 15 is 0 Å². The summed E-state index contributed by atoms with van der Waals surface area (Å²) in [5, 5.41) is 9.24. The van der Waals surface area contributed by atoms with Gasteiger partial charge in [0, 0.05) is 40.1 Å². The van der Waals surface area contributed by atoms with Gasteiger partial charge in [-0.3, -0.25) is 18.9 Å². The first-order valence-corrected chi connectivity index (χ1v) is 6.27. The van der Waals surface area contributed by atoms with E-state index in [0.29, 0.717) is 12.4 Å². The molecule has 0 saturated heterocycles. The Morgan fingerprint density at radius 3 is 2.43 bits per heavy atom. The predicted octanol–water partition coefficient (Wildman–Crippen LogP) is -0.0129. The van der Waals surface area contributed by atoms with Crippen LogP contribution in [0, 0.1) is 11.3 Å². The molecule has 0 atom stereocenters. The third-order valence-corrected chi connectivity index (χ3v) is 3.28. The molecule has 0 amide bonds. The van der Waals surface area contributed by atoms with Crippen molar-refractivity contribution in [3.63, 3.8) is 0 Å². The smallest absolute Gasteiger partial charge is 0.332 e. The Balaban J connectivity index is 2.56. The second-order valence-electron chi connectivity index (χ2n) is 4.73. The molecule has 2 heterocycles. The van der Waals surface area contributed by atoms with Crippen LogP contribution in [0.25, 0.3) is 0 Å². The number of aromatic nitrogens is 3. The molecule has 0 bridgehead atoms. The number of rotatable bonds is 3. The minimum atomic E-state index is -0.586. The van der Waals surface area contributed by atoms with Gasteiger partial charge in [-0.1, -0.05) is 0 Å². The Morgan fingerprint density at radius 1 is 1.24 bits per heavy atom. The lowest BCUT2D eigenvalue weighted by molar-refractivity contribution is 0.667. The van der Waals surface area contributed by atoms with Gasteiger partial charge in [-0.05, 0) is 17.7 Å². The van der Waals surface area contributed by atoms with E-state index in [1.165, 1.54) is 11.6 Å². The first kappa shape index (κ1) is 14.5.